The molecule has 0 aliphatic heterocycles. The summed E-state index contributed by atoms with van der Waals surface area (Å²) >= 11 is 1.64. The minimum atomic E-state index is -0.0800. The molecule has 1 aromatic heterocycles. The van der Waals surface area contributed by atoms with Crippen LogP contribution in [0.15, 0.2) is 47.9 Å². The van der Waals surface area contributed by atoms with Crippen LogP contribution >= 0.6 is 11.3 Å². The Morgan fingerprint density at radius 1 is 1.33 bits per heavy atom. The zero-order valence-electron chi connectivity index (χ0n) is 12.0. The van der Waals surface area contributed by atoms with Crippen molar-refractivity contribution in [2.45, 2.75) is 13.0 Å². The number of carbonyl (C=O) groups excluding carboxylic acids is 1. The van der Waals surface area contributed by atoms with Crippen molar-refractivity contribution in [1.82, 2.24) is 4.90 Å². The number of hydrogen-bond donors (Lipinski definition) is 0. The maximum absolute atomic E-state index is 12.2. The van der Waals surface area contributed by atoms with Gasteiger partial charge in [0.15, 0.2) is 0 Å². The number of rotatable bonds is 4. The molecular weight excluding hydrogens is 280 g/mol. The number of likely N-dealkylation sites (N-methyl/N-ethyl adjacent to an activating group) is 1. The Kier molecular flexibility index (Phi) is 4.91. The molecule has 0 saturated heterocycles. The van der Waals surface area contributed by atoms with E-state index in [2.05, 4.69) is 6.07 Å². The van der Waals surface area contributed by atoms with Crippen molar-refractivity contribution in [3.8, 4) is 6.07 Å². The zero-order chi connectivity index (χ0) is 15.2. The lowest BCUT2D eigenvalue weighted by Crippen LogP contribution is -2.27. The summed E-state index contributed by atoms with van der Waals surface area (Å²) in [5.74, 6) is -0.0800. The quantitative estimate of drug-likeness (QED) is 0.804. The van der Waals surface area contributed by atoms with Gasteiger partial charge in [-0.25, -0.2) is 0 Å². The number of thiophene rings is 1. The molecule has 3 nitrogen and oxygen atoms in total. The highest BCUT2D eigenvalue weighted by Crippen LogP contribution is 2.23. The molecule has 2 aromatic rings. The van der Waals surface area contributed by atoms with Crippen LogP contribution in [-0.4, -0.2) is 17.9 Å². The van der Waals surface area contributed by atoms with Crippen molar-refractivity contribution in [2.24, 2.45) is 0 Å². The Labute approximate surface area is 128 Å². The molecular formula is C17H16N2OS. The van der Waals surface area contributed by atoms with Gasteiger partial charge in [-0.15, -0.1) is 11.3 Å². The van der Waals surface area contributed by atoms with Crippen molar-refractivity contribution < 1.29 is 4.79 Å². The van der Waals surface area contributed by atoms with Crippen molar-refractivity contribution in [1.29, 1.82) is 5.26 Å². The molecule has 4 heteroatoms. The molecule has 0 saturated carbocycles. The SMILES string of the molecule is C[C@H](c1cccs1)N(C)C(=O)/C=C/c1ccccc1C#N. The van der Waals surface area contributed by atoms with Crippen LogP contribution in [0.2, 0.25) is 0 Å². The molecule has 0 fully saturated rings. The monoisotopic (exact) mass is 296 g/mol. The minimum absolute atomic E-state index is 0.0355. The Bertz CT molecular complexity index is 683. The fraction of sp³-hybridized carbons (Fsp3) is 0.176. The van der Waals surface area contributed by atoms with Gasteiger partial charge in [0.05, 0.1) is 17.7 Å². The summed E-state index contributed by atoms with van der Waals surface area (Å²) in [6, 6.07) is 13.4. The molecule has 2 rings (SSSR count). The van der Waals surface area contributed by atoms with Gasteiger partial charge in [-0.1, -0.05) is 24.3 Å². The third-order valence-corrected chi connectivity index (χ3v) is 4.41. The maximum Gasteiger partial charge on any atom is 0.246 e. The van der Waals surface area contributed by atoms with Crippen molar-refractivity contribution in [3.63, 3.8) is 0 Å². The second-order valence-electron chi connectivity index (χ2n) is 4.67. The van der Waals surface area contributed by atoms with Crippen LogP contribution < -0.4 is 0 Å². The molecule has 106 valence electrons. The first-order chi connectivity index (χ1) is 10.1. The first kappa shape index (κ1) is 15.0. The highest BCUT2D eigenvalue weighted by Gasteiger charge is 2.15. The molecule has 0 bridgehead atoms. The van der Waals surface area contributed by atoms with E-state index in [0.717, 1.165) is 10.4 Å². The summed E-state index contributed by atoms with van der Waals surface area (Å²) in [5.41, 5.74) is 1.32. The van der Waals surface area contributed by atoms with E-state index in [0.29, 0.717) is 5.56 Å². The van der Waals surface area contributed by atoms with Gasteiger partial charge in [0.2, 0.25) is 5.91 Å². The van der Waals surface area contributed by atoms with E-state index < -0.39 is 0 Å². The topological polar surface area (TPSA) is 44.1 Å². The molecule has 0 N–H and O–H groups in total. The number of nitrogens with zero attached hydrogens (tertiary/aromatic N) is 2. The van der Waals surface area contributed by atoms with E-state index in [1.807, 2.05) is 42.6 Å². The lowest BCUT2D eigenvalue weighted by molar-refractivity contribution is -0.126. The Morgan fingerprint density at radius 3 is 2.76 bits per heavy atom. The predicted molar refractivity (Wildman–Crippen MR) is 85.7 cm³/mol. The highest BCUT2D eigenvalue weighted by atomic mass is 32.1. The lowest BCUT2D eigenvalue weighted by Gasteiger charge is -2.22. The Balaban J connectivity index is 2.10. The van der Waals surface area contributed by atoms with Gasteiger partial charge in [-0.05, 0) is 36.1 Å². The van der Waals surface area contributed by atoms with E-state index in [-0.39, 0.29) is 11.9 Å². The predicted octanol–water partition coefficient (Wildman–Crippen LogP) is 3.85. The molecule has 1 heterocycles. The standard InChI is InChI=1S/C17H16N2OS/c1-13(16-8-5-11-21-16)19(2)17(20)10-9-14-6-3-4-7-15(14)12-18/h3-11,13H,1-2H3/b10-9+/t13-/m1/s1. The number of amides is 1. The third kappa shape index (κ3) is 3.59. The van der Waals surface area contributed by atoms with E-state index in [9.17, 15) is 4.79 Å². The highest BCUT2D eigenvalue weighted by molar-refractivity contribution is 7.10. The van der Waals surface area contributed by atoms with Crippen LogP contribution in [0.25, 0.3) is 6.08 Å². The van der Waals surface area contributed by atoms with E-state index in [4.69, 9.17) is 5.26 Å². The molecule has 0 aliphatic rings. The summed E-state index contributed by atoms with van der Waals surface area (Å²) in [4.78, 5) is 15.1. The third-order valence-electron chi connectivity index (χ3n) is 3.37. The summed E-state index contributed by atoms with van der Waals surface area (Å²) in [7, 11) is 1.78. The average molecular weight is 296 g/mol. The van der Waals surface area contributed by atoms with Gasteiger partial charge in [0.25, 0.3) is 0 Å². The Hall–Kier alpha value is -2.38. The number of carbonyl (C=O) groups is 1. The van der Waals surface area contributed by atoms with Gasteiger partial charge in [-0.2, -0.15) is 5.26 Å². The van der Waals surface area contributed by atoms with E-state index in [1.165, 1.54) is 6.08 Å². The van der Waals surface area contributed by atoms with Gasteiger partial charge in [0.1, 0.15) is 0 Å². The summed E-state index contributed by atoms with van der Waals surface area (Å²) in [5, 5.41) is 11.0. The largest absolute Gasteiger partial charge is 0.335 e. The molecule has 1 atom stereocenters. The molecule has 1 aromatic carbocycles. The number of hydrogen-bond acceptors (Lipinski definition) is 3. The molecule has 21 heavy (non-hydrogen) atoms. The molecule has 1 amide bonds. The van der Waals surface area contributed by atoms with Crippen LogP contribution in [-0.2, 0) is 4.79 Å². The van der Waals surface area contributed by atoms with Crippen LogP contribution in [0.1, 0.15) is 29.0 Å². The first-order valence-electron chi connectivity index (χ1n) is 6.61. The maximum atomic E-state index is 12.2. The molecule has 0 unspecified atom stereocenters. The van der Waals surface area contributed by atoms with Crippen molar-refractivity contribution in [2.75, 3.05) is 7.05 Å². The smallest absolute Gasteiger partial charge is 0.246 e. The van der Waals surface area contributed by atoms with Crippen LogP contribution in [0, 0.1) is 11.3 Å². The van der Waals surface area contributed by atoms with Gasteiger partial charge in [-0.3, -0.25) is 4.79 Å². The number of nitriles is 1. The zero-order valence-corrected chi connectivity index (χ0v) is 12.8. The second kappa shape index (κ2) is 6.87. The number of benzene rings is 1. The summed E-state index contributed by atoms with van der Waals surface area (Å²) in [6.45, 7) is 2.00. The summed E-state index contributed by atoms with van der Waals surface area (Å²) in [6.07, 6.45) is 3.21. The normalized spacial score (nSPS) is 12.0. The fourth-order valence-electron chi connectivity index (χ4n) is 1.93. The second-order valence-corrected chi connectivity index (χ2v) is 5.65. The van der Waals surface area contributed by atoms with E-state index >= 15 is 0 Å². The van der Waals surface area contributed by atoms with Crippen LogP contribution in [0.3, 0.4) is 0 Å². The minimum Gasteiger partial charge on any atom is -0.335 e. The molecule has 0 radical (unpaired) electrons. The first-order valence-corrected chi connectivity index (χ1v) is 7.49. The van der Waals surface area contributed by atoms with Gasteiger partial charge >= 0.3 is 0 Å². The van der Waals surface area contributed by atoms with Crippen molar-refractivity contribution in [3.05, 3.63) is 63.9 Å². The van der Waals surface area contributed by atoms with Crippen molar-refractivity contribution >= 4 is 23.3 Å². The fourth-order valence-corrected chi connectivity index (χ4v) is 2.76. The Morgan fingerprint density at radius 2 is 2.10 bits per heavy atom. The molecule has 0 aliphatic carbocycles. The molecule has 0 spiro atoms. The van der Waals surface area contributed by atoms with Crippen LogP contribution in [0.5, 0.6) is 0 Å². The average Bonchev–Trinajstić information content (AvgIpc) is 3.05. The van der Waals surface area contributed by atoms with Gasteiger partial charge < -0.3 is 4.90 Å². The van der Waals surface area contributed by atoms with Crippen LogP contribution in [0.4, 0.5) is 0 Å². The van der Waals surface area contributed by atoms with Gasteiger partial charge in [0, 0.05) is 18.0 Å². The summed E-state index contributed by atoms with van der Waals surface area (Å²) < 4.78 is 0. The van der Waals surface area contributed by atoms with E-state index in [1.54, 1.807) is 35.4 Å². The lowest BCUT2D eigenvalue weighted by atomic mass is 10.1.